The van der Waals surface area contributed by atoms with Crippen molar-refractivity contribution in [2.45, 2.75) is 88.0 Å². The number of allylic oxidation sites excluding steroid dienone is 2. The molecule has 4 aliphatic rings. The molecular weight excluding hydrogens is 635 g/mol. The highest BCUT2D eigenvalue weighted by molar-refractivity contribution is 7.90. The molecule has 3 aromatic rings. The van der Waals surface area contributed by atoms with Crippen LogP contribution in [0.5, 0.6) is 5.19 Å². The van der Waals surface area contributed by atoms with Crippen LogP contribution in [-0.4, -0.2) is 59.8 Å². The van der Waals surface area contributed by atoms with Crippen molar-refractivity contribution in [3.8, 4) is 5.19 Å². The SMILES string of the molecule is O=C1C[C@]2(C(=O)NS(=O)(=O)C3CC3)C[C@@H]2/C=C\CCCCC[C@H](Cc2ccccc2)C(=O)N2C[C@H](Oc3nc4ccccc4s3)C[C@@H]12. The number of rotatable bonds is 7. The molecule has 0 unspecified atom stereocenters. The first-order chi connectivity index (χ1) is 22.7. The summed E-state index contributed by atoms with van der Waals surface area (Å²) in [6, 6.07) is 17.0. The van der Waals surface area contributed by atoms with Gasteiger partial charge in [-0.25, -0.2) is 13.4 Å². The largest absolute Gasteiger partial charge is 0.465 e. The van der Waals surface area contributed by atoms with Gasteiger partial charge in [0.05, 0.1) is 33.5 Å². The number of hydrogen-bond donors (Lipinski definition) is 1. The highest BCUT2D eigenvalue weighted by Crippen LogP contribution is 2.57. The minimum Gasteiger partial charge on any atom is -0.465 e. The molecule has 2 aliphatic heterocycles. The molecule has 11 heteroatoms. The Labute approximate surface area is 279 Å². The first-order valence-corrected chi connectivity index (χ1v) is 19.2. The molecule has 1 N–H and O–H groups in total. The minimum atomic E-state index is -3.77. The van der Waals surface area contributed by atoms with E-state index >= 15 is 0 Å². The summed E-state index contributed by atoms with van der Waals surface area (Å²) in [5, 5.41) is -0.0494. The van der Waals surface area contributed by atoms with Crippen molar-refractivity contribution in [1.82, 2.24) is 14.6 Å². The number of Topliss-reactive ketones (excluding diaryl/α,β-unsaturated/α-hetero) is 1. The Bertz CT molecular complexity index is 1750. The van der Waals surface area contributed by atoms with Crippen LogP contribution in [-0.2, 0) is 30.8 Å². The van der Waals surface area contributed by atoms with Gasteiger partial charge in [0, 0.05) is 18.8 Å². The molecular formula is C36H41N3O6S2. The van der Waals surface area contributed by atoms with E-state index in [0.717, 1.165) is 41.5 Å². The summed E-state index contributed by atoms with van der Waals surface area (Å²) in [5.74, 6) is -1.42. The molecule has 0 bridgehead atoms. The lowest BCUT2D eigenvalue weighted by Gasteiger charge is -2.29. The average Bonchev–Trinajstić information content (AvgIpc) is 3.95. The minimum absolute atomic E-state index is 0.0715. The fourth-order valence-electron chi connectivity index (χ4n) is 7.26. The first kappa shape index (κ1) is 32.0. The Balaban J connectivity index is 1.18. The first-order valence-electron chi connectivity index (χ1n) is 16.8. The van der Waals surface area contributed by atoms with Crippen LogP contribution in [0.3, 0.4) is 0 Å². The number of nitrogens with one attached hydrogen (secondary N) is 1. The maximum Gasteiger partial charge on any atom is 0.274 e. The lowest BCUT2D eigenvalue weighted by molar-refractivity contribution is -0.142. The summed E-state index contributed by atoms with van der Waals surface area (Å²) >= 11 is 1.43. The number of thiazole rings is 1. The van der Waals surface area contributed by atoms with Crippen LogP contribution in [0.2, 0.25) is 0 Å². The second-order valence-electron chi connectivity index (χ2n) is 13.7. The van der Waals surface area contributed by atoms with Crippen LogP contribution in [0.25, 0.3) is 10.2 Å². The number of aromatic nitrogens is 1. The van der Waals surface area contributed by atoms with Crippen LogP contribution in [0, 0.1) is 17.3 Å². The zero-order valence-electron chi connectivity index (χ0n) is 26.4. The maximum absolute atomic E-state index is 14.5. The summed E-state index contributed by atoms with van der Waals surface area (Å²) in [6.45, 7) is 0.245. The number of hydrogen-bond acceptors (Lipinski definition) is 8. The summed E-state index contributed by atoms with van der Waals surface area (Å²) in [5.41, 5.74) is 0.765. The van der Waals surface area contributed by atoms with Crippen LogP contribution in [0.15, 0.2) is 66.7 Å². The summed E-state index contributed by atoms with van der Waals surface area (Å²) in [7, 11) is -3.77. The van der Waals surface area contributed by atoms with E-state index in [9.17, 15) is 22.8 Å². The molecule has 3 fully saturated rings. The summed E-state index contributed by atoms with van der Waals surface area (Å²) in [4.78, 5) is 48.8. The van der Waals surface area contributed by atoms with E-state index in [2.05, 4.69) is 15.8 Å². The van der Waals surface area contributed by atoms with Crippen LogP contribution in [0.4, 0.5) is 0 Å². The van der Waals surface area contributed by atoms with Crippen molar-refractivity contribution < 1.29 is 27.5 Å². The molecule has 1 saturated heterocycles. The molecule has 2 saturated carbocycles. The number of benzene rings is 2. The topological polar surface area (TPSA) is 123 Å². The number of carbonyl (C=O) groups excluding carboxylic acids is 3. The maximum atomic E-state index is 14.5. The van der Waals surface area contributed by atoms with Gasteiger partial charge in [0.15, 0.2) is 5.78 Å². The normalized spacial score (nSPS) is 29.3. The predicted octanol–water partition coefficient (Wildman–Crippen LogP) is 5.60. The van der Waals surface area contributed by atoms with E-state index < -0.39 is 38.7 Å². The zero-order chi connectivity index (χ0) is 32.6. The number of para-hydroxylation sites is 1. The molecule has 2 aromatic carbocycles. The second-order valence-corrected chi connectivity index (χ2v) is 16.6. The van der Waals surface area contributed by atoms with Crippen LogP contribution in [0.1, 0.15) is 69.8 Å². The summed E-state index contributed by atoms with van der Waals surface area (Å²) < 4.78 is 35.2. The van der Waals surface area contributed by atoms with E-state index in [1.807, 2.05) is 60.7 Å². The second kappa shape index (κ2) is 13.1. The Morgan fingerprint density at radius 2 is 1.81 bits per heavy atom. The third-order valence-corrected chi connectivity index (χ3v) is 12.9. The Morgan fingerprint density at radius 3 is 2.60 bits per heavy atom. The molecule has 0 radical (unpaired) electrons. The van der Waals surface area contributed by atoms with E-state index in [4.69, 9.17) is 4.74 Å². The van der Waals surface area contributed by atoms with Gasteiger partial charge in [0.25, 0.3) is 5.19 Å². The molecule has 1 aromatic heterocycles. The van der Waals surface area contributed by atoms with Gasteiger partial charge in [0.2, 0.25) is 21.8 Å². The number of sulfonamides is 1. The molecule has 0 spiro atoms. The van der Waals surface area contributed by atoms with Gasteiger partial charge in [-0.1, -0.05) is 78.8 Å². The molecule has 7 rings (SSSR count). The van der Waals surface area contributed by atoms with Gasteiger partial charge >= 0.3 is 0 Å². The average molecular weight is 676 g/mol. The third kappa shape index (κ3) is 7.02. The molecule has 2 aliphatic carbocycles. The van der Waals surface area contributed by atoms with Gasteiger partial charge in [-0.15, -0.1) is 0 Å². The van der Waals surface area contributed by atoms with Crippen molar-refractivity contribution in [3.05, 3.63) is 72.3 Å². The van der Waals surface area contributed by atoms with Crippen molar-refractivity contribution in [2.75, 3.05) is 6.54 Å². The standard InChI is InChI=1S/C36H41N3O6S2/c40-31-22-36(34(42)38-47(43,44)28-17-18-28)21-26(36)14-8-3-1-2-7-13-25(19-24-11-5-4-6-12-24)33(41)39-23-27(20-30(31)39)45-35-37-29-15-9-10-16-32(29)46-35/h4-6,8-12,14-16,25-28,30H,1-3,7,13,17-23H2,(H,38,42)/b14-8-/t25-,26+,27-,30+,36-/m1/s1. The van der Waals surface area contributed by atoms with Gasteiger partial charge in [0.1, 0.15) is 6.10 Å². The monoisotopic (exact) mass is 675 g/mol. The Morgan fingerprint density at radius 1 is 1.02 bits per heavy atom. The van der Waals surface area contributed by atoms with Crippen molar-refractivity contribution in [2.24, 2.45) is 17.3 Å². The zero-order valence-corrected chi connectivity index (χ0v) is 28.0. The predicted molar refractivity (Wildman–Crippen MR) is 180 cm³/mol. The van der Waals surface area contributed by atoms with Crippen molar-refractivity contribution in [3.63, 3.8) is 0 Å². The molecule has 248 valence electrons. The molecule has 47 heavy (non-hydrogen) atoms. The third-order valence-electron chi connectivity index (χ3n) is 10.2. The molecule has 5 atom stereocenters. The van der Waals surface area contributed by atoms with Gasteiger partial charge in [-0.2, -0.15) is 0 Å². The number of amides is 2. The number of ketones is 1. The highest BCUT2D eigenvalue weighted by Gasteiger charge is 2.61. The lowest BCUT2D eigenvalue weighted by atomic mass is 9.90. The van der Waals surface area contributed by atoms with Crippen LogP contribution >= 0.6 is 11.3 Å². The van der Waals surface area contributed by atoms with Gasteiger partial charge in [-0.3, -0.25) is 19.1 Å². The van der Waals surface area contributed by atoms with E-state index in [-0.39, 0.29) is 42.9 Å². The summed E-state index contributed by atoms with van der Waals surface area (Å²) in [6.07, 6.45) is 10.2. The fraction of sp³-hybridized carbons (Fsp3) is 0.500. The number of fused-ring (bicyclic) bond motifs is 3. The quantitative estimate of drug-likeness (QED) is 0.324. The van der Waals surface area contributed by atoms with Crippen molar-refractivity contribution in [1.29, 1.82) is 0 Å². The number of ether oxygens (including phenoxy) is 1. The number of nitrogens with zero attached hydrogens (tertiary/aromatic N) is 2. The Hall–Kier alpha value is -3.57. The fourth-order valence-corrected chi connectivity index (χ4v) is 9.53. The van der Waals surface area contributed by atoms with E-state index in [0.29, 0.717) is 37.3 Å². The molecule has 9 nitrogen and oxygen atoms in total. The van der Waals surface area contributed by atoms with Gasteiger partial charge in [-0.05, 0) is 68.6 Å². The molecule has 2 amide bonds. The molecule has 3 heterocycles. The van der Waals surface area contributed by atoms with Crippen molar-refractivity contribution >= 4 is 49.2 Å². The smallest absolute Gasteiger partial charge is 0.274 e. The lowest BCUT2D eigenvalue weighted by Crippen LogP contribution is -2.46. The Kier molecular flexibility index (Phi) is 8.95. The number of carbonyl (C=O) groups is 3. The highest BCUT2D eigenvalue weighted by atomic mass is 32.2. The van der Waals surface area contributed by atoms with Gasteiger partial charge < -0.3 is 9.64 Å². The van der Waals surface area contributed by atoms with E-state index in [1.54, 1.807) is 4.90 Å². The van der Waals surface area contributed by atoms with Crippen LogP contribution < -0.4 is 9.46 Å². The van der Waals surface area contributed by atoms with E-state index in [1.165, 1.54) is 11.3 Å².